The zero-order chi connectivity index (χ0) is 16.8. The van der Waals surface area contributed by atoms with Crippen LogP contribution in [0.25, 0.3) is 0 Å². The quantitative estimate of drug-likeness (QED) is 0.291. The molecule has 0 unspecified atom stereocenters. The van der Waals surface area contributed by atoms with E-state index in [0.717, 1.165) is 0 Å². The maximum atomic E-state index is 11.3. The average Bonchev–Trinajstić information content (AvgIpc) is 2.47. The van der Waals surface area contributed by atoms with Crippen molar-refractivity contribution in [3.05, 3.63) is 36.8 Å². The predicted octanol–water partition coefficient (Wildman–Crippen LogP) is 3.11. The van der Waals surface area contributed by atoms with Gasteiger partial charge in [-0.25, -0.2) is 9.59 Å². The lowest BCUT2D eigenvalue weighted by Crippen LogP contribution is -2.12. The number of carboxylic acids is 2. The van der Waals surface area contributed by atoms with Crippen LogP contribution in [0, 0.1) is 0 Å². The molecular formula is C16H24O6. The molecule has 0 aliphatic heterocycles. The molecule has 0 radical (unpaired) electrons. The molecule has 6 heteroatoms. The summed E-state index contributed by atoms with van der Waals surface area (Å²) in [5, 5.41) is 18.5. The first-order chi connectivity index (χ1) is 10.5. The largest absolute Gasteiger partial charge is 0.502 e. The van der Waals surface area contributed by atoms with Gasteiger partial charge < -0.3 is 19.7 Å². The van der Waals surface area contributed by atoms with E-state index in [1.807, 2.05) is 0 Å². The summed E-state index contributed by atoms with van der Waals surface area (Å²) in [6.07, 6.45) is 5.44. The summed E-state index contributed by atoms with van der Waals surface area (Å²) in [5.74, 6) is -2.35. The number of hydrogen-bond donors (Lipinski definition) is 2. The zero-order valence-electron chi connectivity index (χ0n) is 12.8. The molecule has 0 aliphatic carbocycles. The summed E-state index contributed by atoms with van der Waals surface area (Å²) < 4.78 is 9.90. The van der Waals surface area contributed by atoms with Gasteiger partial charge in [-0.05, 0) is 38.5 Å². The second-order valence-electron chi connectivity index (χ2n) is 4.56. The average molecular weight is 312 g/mol. The molecular weight excluding hydrogens is 288 g/mol. The Hall–Kier alpha value is -2.24. The molecule has 2 N–H and O–H groups in total. The SMILES string of the molecule is C=COCCCC/C(C(=O)O)=C(/CCCCOC=C)C(=O)O. The minimum absolute atomic E-state index is 0.0317. The monoisotopic (exact) mass is 312 g/mol. The first-order valence-electron chi connectivity index (χ1n) is 7.18. The van der Waals surface area contributed by atoms with Crippen LogP contribution in [0.1, 0.15) is 38.5 Å². The van der Waals surface area contributed by atoms with Crippen molar-refractivity contribution in [2.24, 2.45) is 0 Å². The highest BCUT2D eigenvalue weighted by molar-refractivity contribution is 5.98. The lowest BCUT2D eigenvalue weighted by molar-refractivity contribution is -0.136. The zero-order valence-corrected chi connectivity index (χ0v) is 12.8. The number of ether oxygens (including phenoxy) is 2. The van der Waals surface area contributed by atoms with Gasteiger partial charge in [0.15, 0.2) is 0 Å². The van der Waals surface area contributed by atoms with Gasteiger partial charge in [-0.15, -0.1) is 0 Å². The van der Waals surface area contributed by atoms with Crippen molar-refractivity contribution in [2.75, 3.05) is 13.2 Å². The summed E-state index contributed by atoms with van der Waals surface area (Å²) in [6, 6.07) is 0. The summed E-state index contributed by atoms with van der Waals surface area (Å²) in [4.78, 5) is 22.6. The molecule has 0 atom stereocenters. The molecule has 0 aliphatic rings. The third-order valence-corrected chi connectivity index (χ3v) is 2.99. The Kier molecular flexibility index (Phi) is 11.2. The second-order valence-corrected chi connectivity index (χ2v) is 4.56. The van der Waals surface area contributed by atoms with Crippen molar-refractivity contribution in [3.8, 4) is 0 Å². The Balaban J connectivity index is 4.61. The summed E-state index contributed by atoms with van der Waals surface area (Å²) in [5.41, 5.74) is -0.0634. The van der Waals surface area contributed by atoms with Gasteiger partial charge >= 0.3 is 11.9 Å². The summed E-state index contributed by atoms with van der Waals surface area (Å²) in [7, 11) is 0. The molecule has 0 spiro atoms. The smallest absolute Gasteiger partial charge is 0.332 e. The van der Waals surface area contributed by atoms with E-state index in [1.165, 1.54) is 12.5 Å². The van der Waals surface area contributed by atoms with Gasteiger partial charge in [-0.1, -0.05) is 13.2 Å². The number of carboxylic acid groups (broad SMARTS) is 2. The third-order valence-electron chi connectivity index (χ3n) is 2.99. The molecule has 0 saturated heterocycles. The van der Waals surface area contributed by atoms with Crippen LogP contribution in [0.4, 0.5) is 0 Å². The van der Waals surface area contributed by atoms with Crippen LogP contribution in [0.3, 0.4) is 0 Å². The van der Waals surface area contributed by atoms with Crippen molar-refractivity contribution in [2.45, 2.75) is 38.5 Å². The Morgan fingerprint density at radius 2 is 1.14 bits per heavy atom. The van der Waals surface area contributed by atoms with E-state index < -0.39 is 11.9 Å². The number of hydrogen-bond acceptors (Lipinski definition) is 4. The van der Waals surface area contributed by atoms with Gasteiger partial charge in [-0.2, -0.15) is 0 Å². The molecule has 0 amide bonds. The lowest BCUT2D eigenvalue weighted by atomic mass is 9.98. The number of aliphatic carboxylic acids is 2. The molecule has 22 heavy (non-hydrogen) atoms. The molecule has 6 nitrogen and oxygen atoms in total. The minimum Gasteiger partial charge on any atom is -0.502 e. The van der Waals surface area contributed by atoms with E-state index in [-0.39, 0.29) is 24.0 Å². The Bertz CT molecular complexity index is 373. The van der Waals surface area contributed by atoms with Crippen LogP contribution < -0.4 is 0 Å². The lowest BCUT2D eigenvalue weighted by Gasteiger charge is -2.09. The molecule has 0 heterocycles. The van der Waals surface area contributed by atoms with Gasteiger partial charge in [0.05, 0.1) is 25.7 Å². The van der Waals surface area contributed by atoms with E-state index in [1.54, 1.807) is 0 Å². The van der Waals surface area contributed by atoms with E-state index in [9.17, 15) is 19.8 Å². The van der Waals surface area contributed by atoms with Crippen molar-refractivity contribution in [3.63, 3.8) is 0 Å². The van der Waals surface area contributed by atoms with Crippen molar-refractivity contribution >= 4 is 11.9 Å². The van der Waals surface area contributed by atoms with Crippen LogP contribution in [-0.4, -0.2) is 35.4 Å². The maximum Gasteiger partial charge on any atom is 0.332 e. The number of rotatable bonds is 14. The Morgan fingerprint density at radius 1 is 0.773 bits per heavy atom. The molecule has 0 saturated carbocycles. The minimum atomic E-state index is -1.18. The van der Waals surface area contributed by atoms with Crippen molar-refractivity contribution in [1.29, 1.82) is 0 Å². The van der Waals surface area contributed by atoms with Crippen LogP contribution in [-0.2, 0) is 19.1 Å². The predicted molar refractivity (Wildman–Crippen MR) is 82.3 cm³/mol. The maximum absolute atomic E-state index is 11.3. The fourth-order valence-corrected chi connectivity index (χ4v) is 1.91. The topological polar surface area (TPSA) is 93.1 Å². The molecule has 0 aromatic carbocycles. The highest BCUT2D eigenvalue weighted by Crippen LogP contribution is 2.19. The molecule has 0 bridgehead atoms. The summed E-state index contributed by atoms with van der Waals surface area (Å²) >= 11 is 0. The highest BCUT2D eigenvalue weighted by atomic mass is 16.5. The van der Waals surface area contributed by atoms with Crippen LogP contribution in [0.5, 0.6) is 0 Å². The molecule has 124 valence electrons. The Morgan fingerprint density at radius 3 is 1.41 bits per heavy atom. The van der Waals surface area contributed by atoms with Crippen molar-refractivity contribution < 1.29 is 29.3 Å². The van der Waals surface area contributed by atoms with Crippen LogP contribution >= 0.6 is 0 Å². The molecule has 0 aromatic rings. The molecule has 0 aromatic heterocycles. The van der Waals surface area contributed by atoms with Crippen molar-refractivity contribution in [1.82, 2.24) is 0 Å². The van der Waals surface area contributed by atoms with E-state index in [0.29, 0.717) is 38.9 Å². The van der Waals surface area contributed by atoms with E-state index in [4.69, 9.17) is 9.47 Å². The van der Waals surface area contributed by atoms with Gasteiger partial charge in [0.2, 0.25) is 0 Å². The normalized spacial score (nSPS) is 11.3. The van der Waals surface area contributed by atoms with Gasteiger partial charge in [-0.3, -0.25) is 0 Å². The standard InChI is InChI=1S/C16H24O6/c1-3-21-11-7-5-9-13(15(17)18)14(16(19)20)10-6-8-12-22-4-2/h3-4H,1-2,5-12H2,(H,17,18)(H,19,20)/b14-13+. The van der Waals surface area contributed by atoms with Crippen LogP contribution in [0.15, 0.2) is 36.8 Å². The molecule has 0 rings (SSSR count). The van der Waals surface area contributed by atoms with Crippen LogP contribution in [0.2, 0.25) is 0 Å². The van der Waals surface area contributed by atoms with Gasteiger partial charge in [0, 0.05) is 11.1 Å². The first-order valence-corrected chi connectivity index (χ1v) is 7.18. The first kappa shape index (κ1) is 19.8. The number of unbranched alkanes of at least 4 members (excludes halogenated alkanes) is 2. The fourth-order valence-electron chi connectivity index (χ4n) is 1.91. The van der Waals surface area contributed by atoms with Gasteiger partial charge in [0.25, 0.3) is 0 Å². The third kappa shape index (κ3) is 8.84. The van der Waals surface area contributed by atoms with Gasteiger partial charge in [0.1, 0.15) is 0 Å². The second kappa shape index (κ2) is 12.5. The van der Waals surface area contributed by atoms with E-state index in [2.05, 4.69) is 13.2 Å². The summed E-state index contributed by atoms with van der Waals surface area (Å²) in [6.45, 7) is 7.70. The Labute approximate surface area is 130 Å². The van der Waals surface area contributed by atoms with E-state index >= 15 is 0 Å². The highest BCUT2D eigenvalue weighted by Gasteiger charge is 2.19. The number of carbonyl (C=O) groups is 2. The molecule has 0 fully saturated rings. The fraction of sp³-hybridized carbons (Fsp3) is 0.500.